The number of rotatable bonds is 3. The number of sulfonamides is 1. The zero-order valence-corrected chi connectivity index (χ0v) is 7.69. The Hall–Kier alpha value is -0.330. The molecule has 0 bridgehead atoms. The van der Waals surface area contributed by atoms with E-state index in [0.717, 1.165) is 0 Å². The highest BCUT2D eigenvalue weighted by Gasteiger charge is 2.29. The van der Waals surface area contributed by atoms with Gasteiger partial charge in [0.05, 0.1) is 6.61 Å². The number of esters is 1. The average molecular weight is 214 g/mol. The summed E-state index contributed by atoms with van der Waals surface area (Å²) in [7, 11) is -3.52. The molecule has 0 saturated carbocycles. The van der Waals surface area contributed by atoms with Gasteiger partial charge in [-0.05, 0) is 0 Å². The molecule has 12 heavy (non-hydrogen) atoms. The summed E-state index contributed by atoms with van der Waals surface area (Å²) in [5.74, 6) is -0.538. The summed E-state index contributed by atoms with van der Waals surface area (Å²) in [4.78, 5) is 10.8. The Morgan fingerprint density at radius 1 is 1.67 bits per heavy atom. The highest BCUT2D eigenvalue weighted by molar-refractivity contribution is 7.90. The minimum Gasteiger partial charge on any atom is -0.464 e. The smallest absolute Gasteiger partial charge is 0.324 e. The van der Waals surface area contributed by atoms with Gasteiger partial charge < -0.3 is 4.74 Å². The van der Waals surface area contributed by atoms with Crippen molar-refractivity contribution in [2.75, 3.05) is 11.8 Å². The Kier molecular flexibility index (Phi) is 2.92. The molecule has 0 aromatic heterocycles. The largest absolute Gasteiger partial charge is 0.464 e. The molecule has 0 radical (unpaired) electrons. The van der Waals surface area contributed by atoms with Crippen molar-refractivity contribution < 1.29 is 17.9 Å². The molecule has 1 saturated heterocycles. The second-order valence-corrected chi connectivity index (χ2v) is 4.69. The number of cyclic esters (lactones) is 1. The molecule has 0 spiro atoms. The van der Waals surface area contributed by atoms with Gasteiger partial charge in [-0.1, -0.05) is 0 Å². The van der Waals surface area contributed by atoms with Crippen LogP contribution < -0.4 is 4.72 Å². The number of hydrogen-bond acceptors (Lipinski definition) is 4. The van der Waals surface area contributed by atoms with Gasteiger partial charge in [0.25, 0.3) is 0 Å². The average Bonchev–Trinajstić information content (AvgIpc) is 2.36. The van der Waals surface area contributed by atoms with Crippen LogP contribution in [0.25, 0.3) is 0 Å². The van der Waals surface area contributed by atoms with Gasteiger partial charge >= 0.3 is 5.97 Å². The summed E-state index contributed by atoms with van der Waals surface area (Å²) < 4.78 is 28.4. The zero-order chi connectivity index (χ0) is 9.19. The van der Waals surface area contributed by atoms with Crippen molar-refractivity contribution in [3.8, 4) is 0 Å². The van der Waals surface area contributed by atoms with E-state index in [1.165, 1.54) is 0 Å². The number of carbonyl (C=O) groups is 1. The molecule has 1 unspecified atom stereocenters. The topological polar surface area (TPSA) is 72.5 Å². The van der Waals surface area contributed by atoms with Crippen molar-refractivity contribution in [2.45, 2.75) is 12.5 Å². The van der Waals surface area contributed by atoms with Crippen LogP contribution in [0.1, 0.15) is 6.42 Å². The molecule has 1 heterocycles. The molecular weight excluding hydrogens is 206 g/mol. The number of hydrogen-bond donors (Lipinski definition) is 1. The van der Waals surface area contributed by atoms with Gasteiger partial charge in [0, 0.05) is 6.42 Å². The lowest BCUT2D eigenvalue weighted by Crippen LogP contribution is -2.38. The SMILES string of the molecule is O=C1OCCC1NS(=O)(=O)CCl. The fourth-order valence-electron chi connectivity index (χ4n) is 0.851. The Labute approximate surface area is 75.1 Å². The third kappa shape index (κ3) is 2.33. The molecule has 1 fully saturated rings. The van der Waals surface area contributed by atoms with E-state index in [0.29, 0.717) is 6.42 Å². The van der Waals surface area contributed by atoms with E-state index in [1.807, 2.05) is 0 Å². The summed E-state index contributed by atoms with van der Waals surface area (Å²) in [6, 6.07) is -0.756. The van der Waals surface area contributed by atoms with E-state index < -0.39 is 27.2 Å². The predicted octanol–water partition coefficient (Wildman–Crippen LogP) is -0.582. The van der Waals surface area contributed by atoms with E-state index in [1.54, 1.807) is 0 Å². The van der Waals surface area contributed by atoms with Gasteiger partial charge in [-0.2, -0.15) is 4.72 Å². The minimum absolute atomic E-state index is 0.258. The van der Waals surface area contributed by atoms with E-state index >= 15 is 0 Å². The first-order valence-electron chi connectivity index (χ1n) is 3.28. The number of halogens is 1. The number of ether oxygens (including phenoxy) is 1. The minimum atomic E-state index is -3.52. The Morgan fingerprint density at radius 2 is 2.33 bits per heavy atom. The van der Waals surface area contributed by atoms with Crippen molar-refractivity contribution in [1.82, 2.24) is 4.72 Å². The fraction of sp³-hybridized carbons (Fsp3) is 0.800. The standard InChI is InChI=1S/C5H8ClNO4S/c6-3-12(9,10)7-4-1-2-11-5(4)8/h4,7H,1-3H2. The Bertz CT molecular complexity index is 275. The molecule has 1 N–H and O–H groups in total. The van der Waals surface area contributed by atoms with Crippen LogP contribution in [-0.2, 0) is 19.6 Å². The Morgan fingerprint density at radius 3 is 2.75 bits per heavy atom. The van der Waals surface area contributed by atoms with Crippen molar-refractivity contribution >= 4 is 27.6 Å². The summed E-state index contributed by atoms with van der Waals surface area (Å²) >= 11 is 5.12. The third-order valence-corrected chi connectivity index (χ3v) is 3.19. The van der Waals surface area contributed by atoms with Gasteiger partial charge in [-0.15, -0.1) is 11.6 Å². The molecule has 0 aliphatic carbocycles. The maximum atomic E-state index is 10.9. The van der Waals surface area contributed by atoms with E-state index in [-0.39, 0.29) is 6.61 Å². The van der Waals surface area contributed by atoms with Crippen LogP contribution in [0, 0.1) is 0 Å². The Balaban J connectivity index is 2.57. The molecule has 70 valence electrons. The van der Waals surface area contributed by atoms with Crippen LogP contribution in [0.4, 0.5) is 0 Å². The lowest BCUT2D eigenvalue weighted by Gasteiger charge is -2.06. The second-order valence-electron chi connectivity index (χ2n) is 2.35. The van der Waals surface area contributed by atoms with Gasteiger partial charge in [0.1, 0.15) is 11.3 Å². The lowest BCUT2D eigenvalue weighted by atomic mass is 10.3. The lowest BCUT2D eigenvalue weighted by molar-refractivity contribution is -0.139. The molecule has 0 aromatic carbocycles. The van der Waals surface area contributed by atoms with Crippen molar-refractivity contribution in [3.63, 3.8) is 0 Å². The number of nitrogens with one attached hydrogen (secondary N) is 1. The zero-order valence-electron chi connectivity index (χ0n) is 6.12. The summed E-state index contributed by atoms with van der Waals surface area (Å²) in [5, 5.41) is -0.545. The van der Waals surface area contributed by atoms with Crippen molar-refractivity contribution in [3.05, 3.63) is 0 Å². The van der Waals surface area contributed by atoms with Crippen LogP contribution in [0.2, 0.25) is 0 Å². The van der Waals surface area contributed by atoms with Crippen LogP contribution in [0.15, 0.2) is 0 Å². The van der Waals surface area contributed by atoms with Crippen molar-refractivity contribution in [1.29, 1.82) is 0 Å². The van der Waals surface area contributed by atoms with Gasteiger partial charge in [0.15, 0.2) is 0 Å². The maximum Gasteiger partial charge on any atom is 0.324 e. The van der Waals surface area contributed by atoms with Crippen molar-refractivity contribution in [2.24, 2.45) is 0 Å². The third-order valence-electron chi connectivity index (χ3n) is 1.40. The molecule has 0 amide bonds. The normalized spacial score (nSPS) is 24.1. The van der Waals surface area contributed by atoms with E-state index in [4.69, 9.17) is 11.6 Å². The molecule has 1 aliphatic rings. The first kappa shape index (κ1) is 9.76. The van der Waals surface area contributed by atoms with Crippen LogP contribution in [0.3, 0.4) is 0 Å². The van der Waals surface area contributed by atoms with Crippen LogP contribution in [-0.4, -0.2) is 32.2 Å². The number of alkyl halides is 1. The molecule has 7 heteroatoms. The first-order valence-corrected chi connectivity index (χ1v) is 5.46. The van der Waals surface area contributed by atoms with Gasteiger partial charge in [0.2, 0.25) is 10.0 Å². The molecule has 1 atom stereocenters. The predicted molar refractivity (Wildman–Crippen MR) is 42.1 cm³/mol. The van der Waals surface area contributed by atoms with Crippen LogP contribution >= 0.6 is 11.6 Å². The van der Waals surface area contributed by atoms with Gasteiger partial charge in [-0.25, -0.2) is 8.42 Å². The van der Waals surface area contributed by atoms with E-state index in [2.05, 4.69) is 9.46 Å². The second kappa shape index (κ2) is 3.59. The summed E-state index contributed by atoms with van der Waals surface area (Å²) in [6.45, 7) is 0.258. The maximum absolute atomic E-state index is 10.9. The monoisotopic (exact) mass is 213 g/mol. The quantitative estimate of drug-likeness (QED) is 0.503. The van der Waals surface area contributed by atoms with E-state index in [9.17, 15) is 13.2 Å². The fourth-order valence-corrected chi connectivity index (χ4v) is 1.75. The molecular formula is C5H8ClNO4S. The molecule has 1 rings (SSSR count). The molecule has 0 aromatic rings. The van der Waals surface area contributed by atoms with Crippen LogP contribution in [0.5, 0.6) is 0 Å². The molecule has 1 aliphatic heterocycles. The van der Waals surface area contributed by atoms with Gasteiger partial charge in [-0.3, -0.25) is 4.79 Å². The summed E-state index contributed by atoms with van der Waals surface area (Å²) in [6.07, 6.45) is 0.370. The summed E-state index contributed by atoms with van der Waals surface area (Å²) in [5.41, 5.74) is 0. The highest BCUT2D eigenvalue weighted by Crippen LogP contribution is 2.07. The molecule has 5 nitrogen and oxygen atoms in total. The number of carbonyl (C=O) groups excluding carboxylic acids is 1. The first-order chi connectivity index (χ1) is 5.55. The highest BCUT2D eigenvalue weighted by atomic mass is 35.5.